The molecular weight excluding hydrogens is 452 g/mol. The van der Waals surface area contributed by atoms with Gasteiger partial charge in [-0.3, -0.25) is 14.4 Å². The molecule has 1 atom stereocenters. The Labute approximate surface area is 205 Å². The van der Waals surface area contributed by atoms with Crippen molar-refractivity contribution >= 4 is 29.1 Å². The molecule has 1 aromatic heterocycles. The van der Waals surface area contributed by atoms with Crippen molar-refractivity contribution in [3.8, 4) is 0 Å². The maximum absolute atomic E-state index is 13.5. The third kappa shape index (κ3) is 7.95. The molecule has 1 aromatic carbocycles. The molecule has 0 spiro atoms. The van der Waals surface area contributed by atoms with Crippen LogP contribution in [0.1, 0.15) is 48.6 Å². The standard InChI is InChI=1S/C26H34N2O5S/c1-3-32-26(31)12-11-24(29)28(17-22-10-7-14-33-22)19-25(30)27(16-21-8-5-4-6-9-21)18-23-20(2)13-15-34-23/h4-6,8-9,13,15,22H,3,7,10-12,14,16-19H2,1-2H3. The molecule has 34 heavy (non-hydrogen) atoms. The first-order valence-electron chi connectivity index (χ1n) is 11.9. The molecule has 7 nitrogen and oxygen atoms in total. The lowest BCUT2D eigenvalue weighted by atomic mass is 10.2. The fraction of sp³-hybridized carbons (Fsp3) is 0.500. The molecule has 2 amide bonds. The zero-order valence-corrected chi connectivity index (χ0v) is 20.9. The quantitative estimate of drug-likeness (QED) is 0.425. The van der Waals surface area contributed by atoms with Gasteiger partial charge >= 0.3 is 5.97 Å². The van der Waals surface area contributed by atoms with E-state index in [9.17, 15) is 14.4 Å². The van der Waals surface area contributed by atoms with Crippen LogP contribution in [-0.2, 0) is 36.9 Å². The predicted molar refractivity (Wildman–Crippen MR) is 131 cm³/mol. The highest BCUT2D eigenvalue weighted by Gasteiger charge is 2.27. The van der Waals surface area contributed by atoms with Crippen molar-refractivity contribution < 1.29 is 23.9 Å². The molecule has 0 aliphatic carbocycles. The number of aryl methyl sites for hydroxylation is 1. The first-order valence-corrected chi connectivity index (χ1v) is 12.7. The molecule has 1 unspecified atom stereocenters. The number of carbonyl (C=O) groups is 3. The summed E-state index contributed by atoms with van der Waals surface area (Å²) < 4.78 is 10.7. The number of esters is 1. The molecule has 2 aromatic rings. The molecule has 184 valence electrons. The van der Waals surface area contributed by atoms with Gasteiger partial charge in [-0.25, -0.2) is 0 Å². The van der Waals surface area contributed by atoms with Gasteiger partial charge in [-0.1, -0.05) is 30.3 Å². The summed E-state index contributed by atoms with van der Waals surface area (Å²) >= 11 is 1.63. The van der Waals surface area contributed by atoms with E-state index in [0.717, 1.165) is 28.8 Å². The van der Waals surface area contributed by atoms with E-state index in [1.54, 1.807) is 28.1 Å². The largest absolute Gasteiger partial charge is 0.466 e. The van der Waals surface area contributed by atoms with Crippen molar-refractivity contribution in [1.29, 1.82) is 0 Å². The molecule has 0 radical (unpaired) electrons. The van der Waals surface area contributed by atoms with Crippen molar-refractivity contribution in [2.45, 2.75) is 58.7 Å². The Kier molecular flexibility index (Phi) is 10.1. The van der Waals surface area contributed by atoms with Gasteiger partial charge in [-0.2, -0.15) is 0 Å². The van der Waals surface area contributed by atoms with Crippen LogP contribution in [0, 0.1) is 6.92 Å². The normalized spacial score (nSPS) is 15.2. The van der Waals surface area contributed by atoms with Crippen LogP contribution < -0.4 is 0 Å². The Morgan fingerprint density at radius 2 is 1.85 bits per heavy atom. The molecule has 0 N–H and O–H groups in total. The van der Waals surface area contributed by atoms with Gasteiger partial charge in [0.2, 0.25) is 11.8 Å². The summed E-state index contributed by atoms with van der Waals surface area (Å²) in [6.45, 7) is 5.98. The zero-order valence-electron chi connectivity index (χ0n) is 20.0. The average Bonchev–Trinajstić information content (AvgIpc) is 3.49. The molecule has 1 fully saturated rings. The third-order valence-electron chi connectivity index (χ3n) is 5.85. The highest BCUT2D eigenvalue weighted by Crippen LogP contribution is 2.20. The van der Waals surface area contributed by atoms with Gasteiger partial charge in [0.25, 0.3) is 0 Å². The first kappa shape index (κ1) is 25.9. The monoisotopic (exact) mass is 486 g/mol. The minimum atomic E-state index is -0.405. The number of thiophene rings is 1. The Bertz CT molecular complexity index is 940. The molecule has 1 saturated heterocycles. The minimum absolute atomic E-state index is 0.00497. The van der Waals surface area contributed by atoms with E-state index < -0.39 is 5.97 Å². The lowest BCUT2D eigenvalue weighted by Crippen LogP contribution is -2.45. The van der Waals surface area contributed by atoms with E-state index in [1.807, 2.05) is 48.7 Å². The second-order valence-corrected chi connectivity index (χ2v) is 9.48. The van der Waals surface area contributed by atoms with Crippen LogP contribution in [0.5, 0.6) is 0 Å². The summed E-state index contributed by atoms with van der Waals surface area (Å²) in [7, 11) is 0. The Morgan fingerprint density at radius 3 is 2.50 bits per heavy atom. The van der Waals surface area contributed by atoms with Crippen LogP contribution in [0.3, 0.4) is 0 Å². The maximum Gasteiger partial charge on any atom is 0.306 e. The second kappa shape index (κ2) is 13.2. The lowest BCUT2D eigenvalue weighted by molar-refractivity contribution is -0.147. The van der Waals surface area contributed by atoms with Gasteiger partial charge in [-0.05, 0) is 49.3 Å². The molecular formula is C26H34N2O5S. The molecule has 1 aliphatic rings. The van der Waals surface area contributed by atoms with Gasteiger partial charge in [0.05, 0.1) is 32.2 Å². The maximum atomic E-state index is 13.5. The summed E-state index contributed by atoms with van der Waals surface area (Å²) in [5.74, 6) is -0.763. The minimum Gasteiger partial charge on any atom is -0.466 e. The topological polar surface area (TPSA) is 76.2 Å². The van der Waals surface area contributed by atoms with E-state index in [4.69, 9.17) is 9.47 Å². The van der Waals surface area contributed by atoms with E-state index in [-0.39, 0.29) is 43.9 Å². The number of rotatable bonds is 12. The number of nitrogens with zero attached hydrogens (tertiary/aromatic N) is 2. The summed E-state index contributed by atoms with van der Waals surface area (Å²) in [5.41, 5.74) is 2.18. The Hall–Kier alpha value is -2.71. The van der Waals surface area contributed by atoms with Crippen LogP contribution in [0.15, 0.2) is 41.8 Å². The summed E-state index contributed by atoms with van der Waals surface area (Å²) in [4.78, 5) is 42.8. The summed E-state index contributed by atoms with van der Waals surface area (Å²) in [6.07, 6.45) is 1.74. The number of hydrogen-bond acceptors (Lipinski definition) is 6. The lowest BCUT2D eigenvalue weighted by Gasteiger charge is -2.29. The van der Waals surface area contributed by atoms with Crippen LogP contribution in [0.25, 0.3) is 0 Å². The summed E-state index contributed by atoms with van der Waals surface area (Å²) in [6, 6.07) is 11.9. The Morgan fingerprint density at radius 1 is 1.06 bits per heavy atom. The van der Waals surface area contributed by atoms with E-state index in [2.05, 4.69) is 0 Å². The SMILES string of the molecule is CCOC(=O)CCC(=O)N(CC(=O)N(Cc1ccccc1)Cc1sccc1C)CC1CCCO1. The van der Waals surface area contributed by atoms with Gasteiger partial charge in [-0.15, -0.1) is 11.3 Å². The molecule has 0 saturated carbocycles. The van der Waals surface area contributed by atoms with E-state index >= 15 is 0 Å². The van der Waals surface area contributed by atoms with Crippen molar-refractivity contribution in [3.63, 3.8) is 0 Å². The second-order valence-electron chi connectivity index (χ2n) is 8.48. The third-order valence-corrected chi connectivity index (χ3v) is 6.85. The fourth-order valence-electron chi connectivity index (χ4n) is 3.93. The van der Waals surface area contributed by atoms with Crippen LogP contribution in [-0.4, -0.2) is 60.0 Å². The van der Waals surface area contributed by atoms with Crippen molar-refractivity contribution in [1.82, 2.24) is 9.80 Å². The first-order chi connectivity index (χ1) is 16.5. The van der Waals surface area contributed by atoms with Crippen molar-refractivity contribution in [2.75, 3.05) is 26.3 Å². The van der Waals surface area contributed by atoms with Gasteiger partial charge in [0, 0.05) is 31.0 Å². The summed E-state index contributed by atoms with van der Waals surface area (Å²) in [5, 5.41) is 2.03. The zero-order chi connectivity index (χ0) is 24.3. The molecule has 3 rings (SSSR count). The molecule has 0 bridgehead atoms. The van der Waals surface area contributed by atoms with Gasteiger partial charge in [0.15, 0.2) is 0 Å². The smallest absolute Gasteiger partial charge is 0.306 e. The predicted octanol–water partition coefficient (Wildman–Crippen LogP) is 3.94. The van der Waals surface area contributed by atoms with Crippen molar-refractivity contribution in [2.24, 2.45) is 0 Å². The number of ether oxygens (including phenoxy) is 2. The molecule has 8 heteroatoms. The van der Waals surface area contributed by atoms with Crippen LogP contribution >= 0.6 is 11.3 Å². The van der Waals surface area contributed by atoms with Crippen molar-refractivity contribution in [3.05, 3.63) is 57.8 Å². The van der Waals surface area contributed by atoms with E-state index in [0.29, 0.717) is 26.2 Å². The fourth-order valence-corrected chi connectivity index (χ4v) is 4.85. The van der Waals surface area contributed by atoms with Gasteiger partial charge < -0.3 is 19.3 Å². The average molecular weight is 487 g/mol. The number of hydrogen-bond donors (Lipinski definition) is 0. The number of benzene rings is 1. The van der Waals surface area contributed by atoms with Gasteiger partial charge in [0.1, 0.15) is 0 Å². The van der Waals surface area contributed by atoms with Crippen LogP contribution in [0.2, 0.25) is 0 Å². The number of carbonyl (C=O) groups excluding carboxylic acids is 3. The molecule has 1 aliphatic heterocycles. The van der Waals surface area contributed by atoms with E-state index in [1.165, 1.54) is 0 Å². The van der Waals surface area contributed by atoms with Crippen LogP contribution in [0.4, 0.5) is 0 Å². The number of amides is 2. The molecule has 2 heterocycles. The Balaban J connectivity index is 1.72. The highest BCUT2D eigenvalue weighted by molar-refractivity contribution is 7.10. The highest BCUT2D eigenvalue weighted by atomic mass is 32.1.